The fourth-order valence-corrected chi connectivity index (χ4v) is 4.16. The Morgan fingerprint density at radius 2 is 1.76 bits per heavy atom. The van der Waals surface area contributed by atoms with Crippen molar-refractivity contribution in [2.75, 3.05) is 0 Å². The molecule has 0 amide bonds. The second-order valence-electron chi connectivity index (χ2n) is 6.38. The van der Waals surface area contributed by atoms with E-state index in [9.17, 15) is 18.0 Å². The van der Waals surface area contributed by atoms with Crippen LogP contribution in [0.15, 0.2) is 66.0 Å². The summed E-state index contributed by atoms with van der Waals surface area (Å²) in [6, 6.07) is 16.3. The molecule has 4 aromatic rings. The van der Waals surface area contributed by atoms with E-state index < -0.39 is 17.3 Å². The predicted molar refractivity (Wildman–Crippen MR) is 104 cm³/mol. The number of halogens is 3. The molecule has 0 saturated carbocycles. The van der Waals surface area contributed by atoms with Gasteiger partial charge >= 0.3 is 6.18 Å². The van der Waals surface area contributed by atoms with Gasteiger partial charge in [-0.25, -0.2) is 0 Å². The summed E-state index contributed by atoms with van der Waals surface area (Å²) in [5.74, 6) is -1.33. The number of nitrogens with one attached hydrogen (secondary N) is 1. The van der Waals surface area contributed by atoms with Gasteiger partial charge < -0.3 is 9.55 Å². The maximum Gasteiger partial charge on any atom is 0.451 e. The number of nitrogens with zero attached hydrogens (tertiary/aromatic N) is 3. The summed E-state index contributed by atoms with van der Waals surface area (Å²) in [6.07, 6.45) is -3.00. The summed E-state index contributed by atoms with van der Waals surface area (Å²) in [6.45, 7) is 0. The Morgan fingerprint density at radius 3 is 2.45 bits per heavy atom. The number of aromatic nitrogens is 4. The molecule has 0 aliphatic heterocycles. The van der Waals surface area contributed by atoms with Crippen molar-refractivity contribution in [3.63, 3.8) is 0 Å². The fraction of sp³-hybridized carbons (Fsp3) is 0.150. The highest BCUT2D eigenvalue weighted by Gasteiger charge is 2.38. The maximum absolute atomic E-state index is 13.4. The highest BCUT2D eigenvalue weighted by atomic mass is 32.2. The average Bonchev–Trinajstić information content (AvgIpc) is 3.30. The molecule has 9 heteroatoms. The predicted octanol–water partition coefficient (Wildman–Crippen LogP) is 5.03. The third kappa shape index (κ3) is 3.65. The van der Waals surface area contributed by atoms with Crippen molar-refractivity contribution in [2.24, 2.45) is 7.05 Å². The highest BCUT2D eigenvalue weighted by molar-refractivity contribution is 8.00. The van der Waals surface area contributed by atoms with E-state index in [2.05, 4.69) is 15.2 Å². The lowest BCUT2D eigenvalue weighted by molar-refractivity contribution is -0.147. The van der Waals surface area contributed by atoms with Crippen molar-refractivity contribution in [3.8, 4) is 0 Å². The number of para-hydroxylation sites is 1. The molecule has 148 valence electrons. The quantitative estimate of drug-likeness (QED) is 0.366. The molecule has 0 aliphatic rings. The van der Waals surface area contributed by atoms with Gasteiger partial charge in [0.05, 0.1) is 0 Å². The van der Waals surface area contributed by atoms with Gasteiger partial charge in [-0.2, -0.15) is 13.2 Å². The van der Waals surface area contributed by atoms with Crippen LogP contribution in [0.5, 0.6) is 0 Å². The van der Waals surface area contributed by atoms with Crippen LogP contribution in [0, 0.1) is 0 Å². The molecule has 0 radical (unpaired) electrons. The van der Waals surface area contributed by atoms with Crippen molar-refractivity contribution in [3.05, 3.63) is 77.7 Å². The van der Waals surface area contributed by atoms with Gasteiger partial charge in [0, 0.05) is 29.7 Å². The number of alkyl halides is 3. The molecule has 0 unspecified atom stereocenters. The molecule has 0 spiro atoms. The van der Waals surface area contributed by atoms with Crippen LogP contribution < -0.4 is 0 Å². The molecular formula is C20H15F3N4OS. The first-order valence-electron chi connectivity index (χ1n) is 8.65. The summed E-state index contributed by atoms with van der Waals surface area (Å²) < 4.78 is 40.1. The van der Waals surface area contributed by atoms with Crippen LogP contribution in [-0.2, 0) is 13.2 Å². The Kier molecular flexibility index (Phi) is 4.91. The zero-order valence-electron chi connectivity index (χ0n) is 15.1. The number of hydrogen-bond donors (Lipinski definition) is 1. The number of thioether (sulfide) groups is 1. The number of H-pyrrole nitrogens is 1. The molecule has 0 aliphatic carbocycles. The largest absolute Gasteiger partial charge is 0.451 e. The highest BCUT2D eigenvalue weighted by Crippen LogP contribution is 2.39. The molecule has 4 rings (SSSR count). The van der Waals surface area contributed by atoms with Crippen molar-refractivity contribution in [1.82, 2.24) is 19.7 Å². The third-order valence-corrected chi connectivity index (χ3v) is 5.80. The van der Waals surface area contributed by atoms with Crippen LogP contribution >= 0.6 is 11.8 Å². The second kappa shape index (κ2) is 7.40. The summed E-state index contributed by atoms with van der Waals surface area (Å²) in [4.78, 5) is 16.5. The minimum atomic E-state index is -4.62. The SMILES string of the molecule is Cn1c(S[C@@H](C(=O)c2c[nH]c3ccccc23)c2ccccc2)nnc1C(F)(F)F. The molecule has 0 fully saturated rings. The van der Waals surface area contributed by atoms with Crippen molar-refractivity contribution < 1.29 is 18.0 Å². The molecule has 2 heterocycles. The Morgan fingerprint density at radius 1 is 1.07 bits per heavy atom. The molecule has 1 N–H and O–H groups in total. The van der Waals surface area contributed by atoms with Crippen molar-refractivity contribution in [2.45, 2.75) is 16.6 Å². The molecular weight excluding hydrogens is 401 g/mol. The van der Waals surface area contributed by atoms with Crippen molar-refractivity contribution in [1.29, 1.82) is 0 Å². The van der Waals surface area contributed by atoms with Gasteiger partial charge in [-0.15, -0.1) is 10.2 Å². The van der Waals surface area contributed by atoms with Gasteiger partial charge in [0.1, 0.15) is 5.25 Å². The summed E-state index contributed by atoms with van der Waals surface area (Å²) >= 11 is 0.946. The smallest absolute Gasteiger partial charge is 0.360 e. The number of Topliss-reactive ketones (excluding diaryl/α,β-unsaturated/α-hetero) is 1. The maximum atomic E-state index is 13.4. The number of fused-ring (bicyclic) bond motifs is 1. The molecule has 29 heavy (non-hydrogen) atoms. The Bertz CT molecular complexity index is 1170. The van der Waals surface area contributed by atoms with Crippen LogP contribution in [-0.4, -0.2) is 25.5 Å². The topological polar surface area (TPSA) is 63.6 Å². The molecule has 2 aromatic carbocycles. The molecule has 2 aromatic heterocycles. The number of benzene rings is 2. The van der Waals surface area contributed by atoms with Gasteiger partial charge in [0.15, 0.2) is 10.9 Å². The normalized spacial score (nSPS) is 13.0. The third-order valence-electron chi connectivity index (χ3n) is 4.51. The van der Waals surface area contributed by atoms with Crippen LogP contribution in [0.3, 0.4) is 0 Å². The van der Waals surface area contributed by atoms with E-state index >= 15 is 0 Å². The van der Waals surface area contributed by atoms with Gasteiger partial charge in [-0.05, 0) is 11.6 Å². The van der Waals surface area contributed by atoms with Crippen molar-refractivity contribution >= 4 is 28.4 Å². The van der Waals surface area contributed by atoms with E-state index in [4.69, 9.17) is 0 Å². The lowest BCUT2D eigenvalue weighted by Crippen LogP contribution is -2.14. The van der Waals surface area contributed by atoms with E-state index in [0.717, 1.165) is 27.2 Å². The minimum absolute atomic E-state index is 0.0133. The first-order valence-corrected chi connectivity index (χ1v) is 9.52. The Hall–Kier alpha value is -3.07. The molecule has 5 nitrogen and oxygen atoms in total. The molecule has 0 bridgehead atoms. The van der Waals surface area contributed by atoms with E-state index in [0.29, 0.717) is 11.1 Å². The van der Waals surface area contributed by atoms with E-state index in [-0.39, 0.29) is 10.9 Å². The first kappa shape index (κ1) is 19.3. The van der Waals surface area contributed by atoms with E-state index in [1.807, 2.05) is 30.3 Å². The van der Waals surface area contributed by atoms with Gasteiger partial charge in [0.2, 0.25) is 5.82 Å². The average molecular weight is 416 g/mol. The van der Waals surface area contributed by atoms with E-state index in [1.54, 1.807) is 30.5 Å². The van der Waals surface area contributed by atoms with Crippen LogP contribution in [0.4, 0.5) is 13.2 Å². The number of carbonyl (C=O) groups is 1. The lowest BCUT2D eigenvalue weighted by Gasteiger charge is -2.15. The zero-order valence-corrected chi connectivity index (χ0v) is 16.0. The van der Waals surface area contributed by atoms with Gasteiger partial charge in [-0.3, -0.25) is 4.79 Å². The number of aromatic amines is 1. The number of carbonyl (C=O) groups excluding carboxylic acids is 1. The van der Waals surface area contributed by atoms with Crippen LogP contribution in [0.2, 0.25) is 0 Å². The fourth-order valence-electron chi connectivity index (χ4n) is 3.09. The van der Waals surface area contributed by atoms with Crippen LogP contribution in [0.1, 0.15) is 27.0 Å². The Balaban J connectivity index is 1.76. The van der Waals surface area contributed by atoms with Gasteiger partial charge in [0.25, 0.3) is 0 Å². The standard InChI is InChI=1S/C20H15F3N4OS/c1-27-18(20(21,22)23)25-26-19(27)29-17(12-7-3-2-4-8-12)16(28)14-11-24-15-10-6-5-9-13(14)15/h2-11,17,24H,1H3/t17-/m1/s1. The molecule has 1 atom stereocenters. The second-order valence-corrected chi connectivity index (χ2v) is 7.46. The summed E-state index contributed by atoms with van der Waals surface area (Å²) in [5, 5.41) is 6.92. The summed E-state index contributed by atoms with van der Waals surface area (Å²) in [7, 11) is 1.24. The van der Waals surface area contributed by atoms with E-state index in [1.165, 1.54) is 7.05 Å². The number of rotatable bonds is 5. The summed E-state index contributed by atoms with van der Waals surface area (Å²) in [5.41, 5.74) is 1.95. The molecule has 0 saturated heterocycles. The minimum Gasteiger partial charge on any atom is -0.360 e. The van der Waals surface area contributed by atoms with Gasteiger partial charge in [-0.1, -0.05) is 60.3 Å². The number of ketones is 1. The number of hydrogen-bond acceptors (Lipinski definition) is 4. The monoisotopic (exact) mass is 416 g/mol. The van der Waals surface area contributed by atoms with Crippen LogP contribution in [0.25, 0.3) is 10.9 Å². The zero-order chi connectivity index (χ0) is 20.6. The first-order chi connectivity index (χ1) is 13.9. The Labute approximate surface area is 168 Å². The lowest BCUT2D eigenvalue weighted by atomic mass is 10.0.